The third kappa shape index (κ3) is 3.94. The summed E-state index contributed by atoms with van der Waals surface area (Å²) in [6, 6.07) is -0.437. The van der Waals surface area contributed by atoms with E-state index in [9.17, 15) is 18.0 Å². The second-order valence-electron chi connectivity index (χ2n) is 5.31. The molecule has 3 N–H and O–H groups in total. The number of amides is 1. The van der Waals surface area contributed by atoms with Gasteiger partial charge in [-0.15, -0.1) is 11.3 Å². The summed E-state index contributed by atoms with van der Waals surface area (Å²) >= 11 is 0.924. The molecule has 0 radical (unpaired) electrons. The summed E-state index contributed by atoms with van der Waals surface area (Å²) in [7, 11) is 0. The van der Waals surface area contributed by atoms with Crippen molar-refractivity contribution in [2.45, 2.75) is 50.9 Å². The van der Waals surface area contributed by atoms with Gasteiger partial charge in [0.2, 0.25) is 5.91 Å². The lowest BCUT2D eigenvalue weighted by Gasteiger charge is -2.17. The monoisotopic (exact) mass is 321 g/mol. The number of alkyl halides is 3. The molecule has 1 amide bonds. The van der Waals surface area contributed by atoms with Crippen LogP contribution >= 0.6 is 11.3 Å². The molecule has 0 bridgehead atoms. The van der Waals surface area contributed by atoms with Crippen LogP contribution in [0.5, 0.6) is 0 Å². The van der Waals surface area contributed by atoms with Gasteiger partial charge in [-0.2, -0.15) is 13.2 Å². The number of carbonyl (C=O) groups excluding carboxylic acids is 1. The maximum atomic E-state index is 12.6. The third-order valence-electron chi connectivity index (χ3n) is 3.68. The van der Waals surface area contributed by atoms with Crippen molar-refractivity contribution in [2.24, 2.45) is 11.7 Å². The molecule has 0 spiro atoms. The Morgan fingerprint density at radius 1 is 1.57 bits per heavy atom. The first-order chi connectivity index (χ1) is 9.81. The van der Waals surface area contributed by atoms with Crippen LogP contribution < -0.4 is 11.1 Å². The Hall–Kier alpha value is -1.15. The molecule has 0 saturated heterocycles. The van der Waals surface area contributed by atoms with Gasteiger partial charge < -0.3 is 11.1 Å². The van der Waals surface area contributed by atoms with E-state index >= 15 is 0 Å². The van der Waals surface area contributed by atoms with E-state index in [1.165, 1.54) is 0 Å². The predicted octanol–water partition coefficient (Wildman–Crippen LogP) is 2.86. The number of thiazole rings is 1. The number of nitrogens with two attached hydrogens (primary N) is 1. The minimum atomic E-state index is -4.45. The Labute approximate surface area is 124 Å². The van der Waals surface area contributed by atoms with Gasteiger partial charge in [-0.1, -0.05) is 6.92 Å². The molecular weight excluding hydrogens is 303 g/mol. The molecule has 0 aromatic carbocycles. The number of aromatic nitrogens is 1. The molecular formula is C13H18F3N3OS. The number of nitrogens with one attached hydrogen (secondary N) is 1. The zero-order valence-electron chi connectivity index (χ0n) is 11.6. The van der Waals surface area contributed by atoms with Crippen molar-refractivity contribution in [3.63, 3.8) is 0 Å². The van der Waals surface area contributed by atoms with Crippen molar-refractivity contribution in [2.75, 3.05) is 0 Å². The van der Waals surface area contributed by atoms with Crippen molar-refractivity contribution >= 4 is 17.2 Å². The van der Waals surface area contributed by atoms with Crippen LogP contribution in [-0.4, -0.2) is 16.9 Å². The van der Waals surface area contributed by atoms with E-state index < -0.39 is 17.9 Å². The molecule has 1 heterocycles. The Balaban J connectivity index is 2.03. The maximum absolute atomic E-state index is 12.6. The lowest BCUT2D eigenvalue weighted by Crippen LogP contribution is -2.33. The second-order valence-corrected chi connectivity index (χ2v) is 6.20. The van der Waals surface area contributed by atoms with E-state index in [1.54, 1.807) is 6.92 Å². The van der Waals surface area contributed by atoms with Gasteiger partial charge in [-0.25, -0.2) is 4.98 Å². The summed E-state index contributed by atoms with van der Waals surface area (Å²) in [5.74, 6) is -0.283. The number of rotatable bonds is 4. The lowest BCUT2D eigenvalue weighted by atomic mass is 10.1. The number of nitrogens with zero attached hydrogens (tertiary/aromatic N) is 1. The molecule has 1 aromatic rings. The highest BCUT2D eigenvalue weighted by Gasteiger charge is 2.35. The van der Waals surface area contributed by atoms with Crippen molar-refractivity contribution in [3.8, 4) is 0 Å². The smallest absolute Gasteiger partial charge is 0.347 e. The standard InChI is InChI=1S/C13H18F3N3OS/c1-2-9(12-19-10(6-21-12)13(14,15)16)18-11(20)7-3-4-8(17)5-7/h6-9H,2-5,17H2,1H3,(H,18,20). The lowest BCUT2D eigenvalue weighted by molar-refractivity contribution is -0.140. The van der Waals surface area contributed by atoms with E-state index in [4.69, 9.17) is 5.73 Å². The van der Waals surface area contributed by atoms with E-state index in [0.717, 1.165) is 29.6 Å². The summed E-state index contributed by atoms with van der Waals surface area (Å²) in [6.45, 7) is 1.81. The van der Waals surface area contributed by atoms with Crippen LogP contribution in [-0.2, 0) is 11.0 Å². The molecule has 118 valence electrons. The number of hydrogen-bond acceptors (Lipinski definition) is 4. The molecule has 3 unspecified atom stereocenters. The van der Waals surface area contributed by atoms with E-state index in [2.05, 4.69) is 10.3 Å². The minimum Gasteiger partial charge on any atom is -0.347 e. The van der Waals surface area contributed by atoms with Crippen LogP contribution in [0.1, 0.15) is 49.4 Å². The summed E-state index contributed by atoms with van der Waals surface area (Å²) in [5.41, 5.74) is 4.87. The highest BCUT2D eigenvalue weighted by atomic mass is 32.1. The SMILES string of the molecule is CCC(NC(=O)C1CCC(N)C1)c1nc(C(F)(F)F)cs1. The van der Waals surface area contributed by atoms with Crippen LogP contribution in [0.3, 0.4) is 0 Å². The second kappa shape index (κ2) is 6.31. The zero-order chi connectivity index (χ0) is 15.6. The highest BCUT2D eigenvalue weighted by molar-refractivity contribution is 7.09. The van der Waals surface area contributed by atoms with E-state index in [1.807, 2.05) is 0 Å². The minimum absolute atomic E-state index is 0.0394. The Morgan fingerprint density at radius 2 is 2.29 bits per heavy atom. The van der Waals surface area contributed by atoms with Gasteiger partial charge in [0.1, 0.15) is 5.01 Å². The maximum Gasteiger partial charge on any atom is 0.434 e. The molecule has 4 nitrogen and oxygen atoms in total. The van der Waals surface area contributed by atoms with Gasteiger partial charge >= 0.3 is 6.18 Å². The number of halogens is 3. The van der Waals surface area contributed by atoms with Crippen molar-refractivity contribution in [3.05, 3.63) is 16.1 Å². The van der Waals surface area contributed by atoms with E-state index in [-0.39, 0.29) is 17.9 Å². The van der Waals surface area contributed by atoms with Gasteiger partial charge in [0.05, 0.1) is 6.04 Å². The Bertz CT molecular complexity index is 503. The van der Waals surface area contributed by atoms with Crippen molar-refractivity contribution in [1.82, 2.24) is 10.3 Å². The highest BCUT2D eigenvalue weighted by Crippen LogP contribution is 2.33. The van der Waals surface area contributed by atoms with Crippen molar-refractivity contribution in [1.29, 1.82) is 0 Å². The van der Waals surface area contributed by atoms with Crippen molar-refractivity contribution < 1.29 is 18.0 Å². The fraction of sp³-hybridized carbons (Fsp3) is 0.692. The first-order valence-electron chi connectivity index (χ1n) is 6.89. The average Bonchev–Trinajstić information content (AvgIpc) is 3.03. The third-order valence-corrected chi connectivity index (χ3v) is 4.64. The topological polar surface area (TPSA) is 68.0 Å². The zero-order valence-corrected chi connectivity index (χ0v) is 12.4. The van der Waals surface area contributed by atoms with Gasteiger partial charge in [-0.3, -0.25) is 4.79 Å². The number of carbonyl (C=O) groups is 1. The first-order valence-corrected chi connectivity index (χ1v) is 7.77. The molecule has 3 atom stereocenters. The van der Waals surface area contributed by atoms with Gasteiger partial charge in [-0.05, 0) is 25.7 Å². The molecule has 21 heavy (non-hydrogen) atoms. The summed E-state index contributed by atoms with van der Waals surface area (Å²) in [4.78, 5) is 15.7. The molecule has 8 heteroatoms. The predicted molar refractivity (Wildman–Crippen MR) is 73.6 cm³/mol. The normalized spacial score (nSPS) is 24.0. The molecule has 1 fully saturated rings. The Morgan fingerprint density at radius 3 is 2.76 bits per heavy atom. The summed E-state index contributed by atoms with van der Waals surface area (Å²) < 4.78 is 37.7. The van der Waals surface area contributed by atoms with Crippen LogP contribution in [0, 0.1) is 5.92 Å². The first kappa shape index (κ1) is 16.2. The quantitative estimate of drug-likeness (QED) is 0.896. The average molecular weight is 321 g/mol. The summed E-state index contributed by atoms with van der Waals surface area (Å²) in [5, 5.41) is 4.07. The van der Waals surface area contributed by atoms with E-state index in [0.29, 0.717) is 17.8 Å². The van der Waals surface area contributed by atoms with Gasteiger partial charge in [0, 0.05) is 17.3 Å². The van der Waals surface area contributed by atoms with Crippen LogP contribution in [0.25, 0.3) is 0 Å². The fourth-order valence-corrected chi connectivity index (χ4v) is 3.42. The molecule has 0 aliphatic heterocycles. The fourth-order valence-electron chi connectivity index (χ4n) is 2.46. The molecule has 1 saturated carbocycles. The largest absolute Gasteiger partial charge is 0.434 e. The van der Waals surface area contributed by atoms with Gasteiger partial charge in [0.15, 0.2) is 5.69 Å². The molecule has 1 aliphatic rings. The van der Waals surface area contributed by atoms with Gasteiger partial charge in [0.25, 0.3) is 0 Å². The summed E-state index contributed by atoms with van der Waals surface area (Å²) in [6.07, 6.45) is -1.78. The Kier molecular flexibility index (Phi) is 4.88. The molecule has 2 rings (SSSR count). The van der Waals surface area contributed by atoms with Crippen LogP contribution in [0.15, 0.2) is 5.38 Å². The molecule has 1 aliphatic carbocycles. The number of hydrogen-bond donors (Lipinski definition) is 2. The van der Waals surface area contributed by atoms with Crippen LogP contribution in [0.4, 0.5) is 13.2 Å². The molecule has 1 aromatic heterocycles. The van der Waals surface area contributed by atoms with Crippen LogP contribution in [0.2, 0.25) is 0 Å².